The van der Waals surface area contributed by atoms with E-state index < -0.39 is 5.97 Å². The maximum atomic E-state index is 11.1. The Labute approximate surface area is 114 Å². The molecule has 4 nitrogen and oxygen atoms in total. The standard InChI is InChI=1S/C15H22N2O2/c1-15(2,3)13-7-6-12(9-16-13)17-8-4-5-11(10-17)14(18)19/h6-7,9,11H,4-5,8,10H2,1-3H3,(H,18,19). The SMILES string of the molecule is CC(C)(C)c1ccc(N2CCCC(C(=O)O)C2)cn1. The van der Waals surface area contributed by atoms with Crippen LogP contribution >= 0.6 is 0 Å². The van der Waals surface area contributed by atoms with Crippen LogP contribution in [0.2, 0.25) is 0 Å². The van der Waals surface area contributed by atoms with E-state index in [1.54, 1.807) is 0 Å². The molecule has 0 saturated carbocycles. The number of aromatic nitrogens is 1. The van der Waals surface area contributed by atoms with E-state index in [4.69, 9.17) is 5.11 Å². The highest BCUT2D eigenvalue weighted by Crippen LogP contribution is 2.25. The van der Waals surface area contributed by atoms with Gasteiger partial charge in [0.15, 0.2) is 0 Å². The third-order valence-electron chi connectivity index (χ3n) is 3.65. The van der Waals surface area contributed by atoms with Crippen LogP contribution in [0.1, 0.15) is 39.3 Å². The minimum absolute atomic E-state index is 0.0457. The summed E-state index contributed by atoms with van der Waals surface area (Å²) in [5, 5.41) is 9.11. The zero-order chi connectivity index (χ0) is 14.0. The summed E-state index contributed by atoms with van der Waals surface area (Å²) in [6.45, 7) is 7.91. The summed E-state index contributed by atoms with van der Waals surface area (Å²) < 4.78 is 0. The molecule has 1 saturated heterocycles. The fourth-order valence-electron chi connectivity index (χ4n) is 2.43. The molecule has 2 heterocycles. The summed E-state index contributed by atoms with van der Waals surface area (Å²) in [6, 6.07) is 4.09. The van der Waals surface area contributed by atoms with Gasteiger partial charge in [-0.2, -0.15) is 0 Å². The molecule has 1 aliphatic rings. The molecular weight excluding hydrogens is 240 g/mol. The van der Waals surface area contributed by atoms with Crippen molar-refractivity contribution in [3.8, 4) is 0 Å². The van der Waals surface area contributed by atoms with Crippen LogP contribution in [0.4, 0.5) is 5.69 Å². The number of hydrogen-bond donors (Lipinski definition) is 1. The van der Waals surface area contributed by atoms with Crippen molar-refractivity contribution in [1.29, 1.82) is 0 Å². The number of carbonyl (C=O) groups is 1. The minimum Gasteiger partial charge on any atom is -0.481 e. The highest BCUT2D eigenvalue weighted by molar-refractivity contribution is 5.71. The first kappa shape index (κ1) is 13.8. The van der Waals surface area contributed by atoms with Gasteiger partial charge in [0.2, 0.25) is 0 Å². The topological polar surface area (TPSA) is 53.4 Å². The Bertz CT molecular complexity index is 448. The van der Waals surface area contributed by atoms with Crippen molar-refractivity contribution in [1.82, 2.24) is 4.98 Å². The van der Waals surface area contributed by atoms with Crippen molar-refractivity contribution >= 4 is 11.7 Å². The summed E-state index contributed by atoms with van der Waals surface area (Å²) in [7, 11) is 0. The highest BCUT2D eigenvalue weighted by atomic mass is 16.4. The van der Waals surface area contributed by atoms with Gasteiger partial charge in [-0.3, -0.25) is 9.78 Å². The molecule has 1 N–H and O–H groups in total. The van der Waals surface area contributed by atoms with Gasteiger partial charge in [0.25, 0.3) is 0 Å². The summed E-state index contributed by atoms with van der Waals surface area (Å²) in [5.41, 5.74) is 2.13. The number of aliphatic carboxylic acids is 1. The van der Waals surface area contributed by atoms with Gasteiger partial charge in [-0.25, -0.2) is 0 Å². The molecule has 104 valence electrons. The van der Waals surface area contributed by atoms with Crippen molar-refractivity contribution in [3.05, 3.63) is 24.0 Å². The predicted octanol–water partition coefficient (Wildman–Crippen LogP) is 2.68. The smallest absolute Gasteiger partial charge is 0.308 e. The van der Waals surface area contributed by atoms with E-state index in [-0.39, 0.29) is 11.3 Å². The Morgan fingerprint density at radius 2 is 2.16 bits per heavy atom. The van der Waals surface area contributed by atoms with Gasteiger partial charge in [-0.15, -0.1) is 0 Å². The average Bonchev–Trinajstić information content (AvgIpc) is 2.38. The second-order valence-electron chi connectivity index (χ2n) is 6.28. The largest absolute Gasteiger partial charge is 0.481 e. The molecule has 0 bridgehead atoms. The Hall–Kier alpha value is -1.58. The molecule has 1 fully saturated rings. The first-order valence-corrected chi connectivity index (χ1v) is 6.82. The van der Waals surface area contributed by atoms with Gasteiger partial charge in [0, 0.05) is 24.2 Å². The zero-order valence-electron chi connectivity index (χ0n) is 11.9. The number of nitrogens with zero attached hydrogens (tertiary/aromatic N) is 2. The van der Waals surface area contributed by atoms with E-state index in [2.05, 4.69) is 36.7 Å². The van der Waals surface area contributed by atoms with Gasteiger partial charge in [0.05, 0.1) is 17.8 Å². The molecule has 19 heavy (non-hydrogen) atoms. The second-order valence-corrected chi connectivity index (χ2v) is 6.28. The van der Waals surface area contributed by atoms with E-state index in [0.717, 1.165) is 30.8 Å². The summed E-state index contributed by atoms with van der Waals surface area (Å²) in [5.74, 6) is -0.944. The maximum Gasteiger partial charge on any atom is 0.308 e. The molecule has 1 unspecified atom stereocenters. The van der Waals surface area contributed by atoms with Crippen molar-refractivity contribution in [2.24, 2.45) is 5.92 Å². The lowest BCUT2D eigenvalue weighted by Crippen LogP contribution is -2.38. The number of carboxylic acids is 1. The second kappa shape index (κ2) is 5.19. The number of anilines is 1. The maximum absolute atomic E-state index is 11.1. The number of hydrogen-bond acceptors (Lipinski definition) is 3. The van der Waals surface area contributed by atoms with Crippen LogP contribution in [-0.4, -0.2) is 29.1 Å². The Balaban J connectivity index is 2.12. The van der Waals surface area contributed by atoms with Gasteiger partial charge in [-0.05, 0) is 25.0 Å². The Morgan fingerprint density at radius 3 is 2.68 bits per heavy atom. The summed E-state index contributed by atoms with van der Waals surface area (Å²) >= 11 is 0. The fourth-order valence-corrected chi connectivity index (χ4v) is 2.43. The molecule has 0 radical (unpaired) electrons. The molecule has 4 heteroatoms. The molecule has 0 aromatic carbocycles. The lowest BCUT2D eigenvalue weighted by atomic mass is 9.91. The third kappa shape index (κ3) is 3.25. The van der Waals surface area contributed by atoms with E-state index >= 15 is 0 Å². The average molecular weight is 262 g/mol. The predicted molar refractivity (Wildman–Crippen MR) is 75.5 cm³/mol. The van der Waals surface area contributed by atoms with E-state index in [9.17, 15) is 4.79 Å². The highest BCUT2D eigenvalue weighted by Gasteiger charge is 2.25. The van der Waals surface area contributed by atoms with Gasteiger partial charge in [0.1, 0.15) is 0 Å². The van der Waals surface area contributed by atoms with Crippen molar-refractivity contribution in [3.63, 3.8) is 0 Å². The minimum atomic E-state index is -0.691. The van der Waals surface area contributed by atoms with Gasteiger partial charge in [-0.1, -0.05) is 20.8 Å². The van der Waals surface area contributed by atoms with Crippen molar-refractivity contribution < 1.29 is 9.90 Å². The van der Waals surface area contributed by atoms with Crippen LogP contribution in [0.5, 0.6) is 0 Å². The monoisotopic (exact) mass is 262 g/mol. The molecule has 1 aromatic rings. The van der Waals surface area contributed by atoms with Crippen LogP contribution in [0.25, 0.3) is 0 Å². The molecule has 1 atom stereocenters. The van der Waals surface area contributed by atoms with E-state index in [1.165, 1.54) is 0 Å². The first-order valence-electron chi connectivity index (χ1n) is 6.82. The van der Waals surface area contributed by atoms with Crippen LogP contribution < -0.4 is 4.90 Å². The van der Waals surface area contributed by atoms with E-state index in [0.29, 0.717) is 6.54 Å². The molecule has 0 amide bonds. The molecular formula is C15H22N2O2. The normalized spacial score (nSPS) is 20.4. The zero-order valence-corrected chi connectivity index (χ0v) is 11.9. The Kier molecular flexibility index (Phi) is 3.78. The lowest BCUT2D eigenvalue weighted by molar-refractivity contribution is -0.141. The van der Waals surface area contributed by atoms with Gasteiger partial charge >= 0.3 is 5.97 Å². The summed E-state index contributed by atoms with van der Waals surface area (Å²) in [6.07, 6.45) is 3.57. The third-order valence-corrected chi connectivity index (χ3v) is 3.65. The van der Waals surface area contributed by atoms with Crippen LogP contribution in [0.15, 0.2) is 18.3 Å². The Morgan fingerprint density at radius 1 is 1.42 bits per heavy atom. The molecule has 0 aliphatic carbocycles. The van der Waals surface area contributed by atoms with E-state index in [1.807, 2.05) is 12.3 Å². The number of piperidine rings is 1. The number of rotatable bonds is 2. The molecule has 1 aromatic heterocycles. The lowest BCUT2D eigenvalue weighted by Gasteiger charge is -2.32. The number of carboxylic acid groups (broad SMARTS) is 1. The van der Waals surface area contributed by atoms with Crippen molar-refractivity contribution in [2.45, 2.75) is 39.0 Å². The van der Waals surface area contributed by atoms with Crippen molar-refractivity contribution in [2.75, 3.05) is 18.0 Å². The fraction of sp³-hybridized carbons (Fsp3) is 0.600. The quantitative estimate of drug-likeness (QED) is 0.890. The first-order chi connectivity index (χ1) is 8.88. The van der Waals surface area contributed by atoms with Gasteiger partial charge < -0.3 is 10.0 Å². The molecule has 0 spiro atoms. The molecule has 2 rings (SSSR count). The van der Waals surface area contributed by atoms with Crippen LogP contribution in [-0.2, 0) is 10.2 Å². The summed E-state index contributed by atoms with van der Waals surface area (Å²) in [4.78, 5) is 17.7. The van der Waals surface area contributed by atoms with Crippen LogP contribution in [0, 0.1) is 5.92 Å². The number of pyridine rings is 1. The molecule has 1 aliphatic heterocycles. The van der Waals surface area contributed by atoms with Crippen LogP contribution in [0.3, 0.4) is 0 Å².